The van der Waals surface area contributed by atoms with Crippen molar-refractivity contribution >= 4 is 5.97 Å². The molecule has 0 aromatic heterocycles. The highest BCUT2D eigenvalue weighted by atomic mass is 19.4. The number of benzene rings is 1. The van der Waals surface area contributed by atoms with E-state index in [0.717, 1.165) is 18.2 Å². The van der Waals surface area contributed by atoms with Gasteiger partial charge in [0.15, 0.2) is 6.61 Å². The van der Waals surface area contributed by atoms with Crippen LogP contribution in [0.25, 0.3) is 0 Å². The van der Waals surface area contributed by atoms with Crippen LogP contribution in [0.3, 0.4) is 0 Å². The van der Waals surface area contributed by atoms with Crippen LogP contribution in [0.4, 0.5) is 13.2 Å². The molecule has 0 unspecified atom stereocenters. The molecular weight excluding hydrogens is 333 g/mol. The molecule has 2 bridgehead atoms. The number of esters is 1. The monoisotopic (exact) mass is 346 g/mol. The zero-order valence-corrected chi connectivity index (χ0v) is 13.0. The van der Waals surface area contributed by atoms with E-state index in [1.165, 1.54) is 6.08 Å². The third kappa shape index (κ3) is 3.94. The van der Waals surface area contributed by atoms with Gasteiger partial charge in [-0.3, -0.25) is 4.79 Å². The lowest BCUT2D eigenvalue weighted by molar-refractivity contribution is -0.143. The number of ether oxygens (including phenoxy) is 2. The molecule has 1 atom stereocenters. The van der Waals surface area contributed by atoms with Crippen molar-refractivity contribution in [2.75, 3.05) is 6.61 Å². The van der Waals surface area contributed by atoms with Gasteiger partial charge in [0.2, 0.25) is 0 Å². The lowest BCUT2D eigenvalue weighted by Crippen LogP contribution is -2.15. The largest absolute Gasteiger partial charge is 0.488 e. The van der Waals surface area contributed by atoms with E-state index in [2.05, 4.69) is 11.8 Å². The Bertz CT molecular complexity index is 835. The van der Waals surface area contributed by atoms with Crippen molar-refractivity contribution in [2.24, 2.45) is 5.92 Å². The summed E-state index contributed by atoms with van der Waals surface area (Å²) in [6.45, 7) is -0.212. The van der Waals surface area contributed by atoms with Crippen LogP contribution in [-0.4, -0.2) is 18.8 Å². The molecule has 1 aromatic rings. The number of fused-ring (bicyclic) bond motifs is 3. The number of halogens is 3. The van der Waals surface area contributed by atoms with Gasteiger partial charge >= 0.3 is 12.1 Å². The Hall–Kier alpha value is -2.94. The van der Waals surface area contributed by atoms with Crippen LogP contribution in [-0.2, 0) is 20.9 Å². The third-order valence-electron chi connectivity index (χ3n) is 3.68. The second kappa shape index (κ2) is 6.89. The van der Waals surface area contributed by atoms with Crippen molar-refractivity contribution in [2.45, 2.75) is 12.8 Å². The first kappa shape index (κ1) is 16.9. The topological polar surface area (TPSA) is 35.5 Å². The number of allylic oxidation sites excluding steroid dienone is 3. The van der Waals surface area contributed by atoms with Crippen LogP contribution in [0.15, 0.2) is 59.9 Å². The average Bonchev–Trinajstić information content (AvgIpc) is 2.79. The summed E-state index contributed by atoms with van der Waals surface area (Å²) in [6, 6.07) is 6.96. The maximum absolute atomic E-state index is 13.3. The van der Waals surface area contributed by atoms with E-state index in [4.69, 9.17) is 9.47 Å². The molecule has 1 aliphatic carbocycles. The second-order valence-corrected chi connectivity index (χ2v) is 5.38. The highest BCUT2D eigenvalue weighted by Crippen LogP contribution is 2.33. The van der Waals surface area contributed by atoms with Gasteiger partial charge in [-0.15, -0.1) is 0 Å². The number of cyclic esters (lactones) is 1. The van der Waals surface area contributed by atoms with Crippen LogP contribution >= 0.6 is 0 Å². The van der Waals surface area contributed by atoms with E-state index in [1.807, 2.05) is 0 Å². The van der Waals surface area contributed by atoms with Crippen molar-refractivity contribution in [3.05, 3.63) is 71.0 Å². The summed E-state index contributed by atoms with van der Waals surface area (Å²) in [5.41, 5.74) is 0.311. The van der Waals surface area contributed by atoms with Crippen molar-refractivity contribution in [1.82, 2.24) is 0 Å². The van der Waals surface area contributed by atoms with Crippen molar-refractivity contribution in [3.8, 4) is 11.8 Å². The van der Waals surface area contributed by atoms with Crippen molar-refractivity contribution in [3.63, 3.8) is 0 Å². The summed E-state index contributed by atoms with van der Waals surface area (Å²) in [5.74, 6) is 3.63. The summed E-state index contributed by atoms with van der Waals surface area (Å²) < 4.78 is 50.4. The Morgan fingerprint density at radius 3 is 2.64 bits per heavy atom. The zero-order valence-electron chi connectivity index (χ0n) is 13.0. The molecule has 0 N–H and O–H groups in total. The summed E-state index contributed by atoms with van der Waals surface area (Å²) in [5, 5.41) is 0. The van der Waals surface area contributed by atoms with Gasteiger partial charge in [0.1, 0.15) is 12.4 Å². The van der Waals surface area contributed by atoms with Crippen molar-refractivity contribution in [1.29, 1.82) is 0 Å². The average molecular weight is 346 g/mol. The molecule has 0 saturated heterocycles. The summed E-state index contributed by atoms with van der Waals surface area (Å²) in [7, 11) is 0. The number of carbonyl (C=O) groups excluding carboxylic acids is 1. The molecule has 25 heavy (non-hydrogen) atoms. The van der Waals surface area contributed by atoms with E-state index in [0.29, 0.717) is 11.1 Å². The van der Waals surface area contributed by atoms with E-state index in [-0.39, 0.29) is 19.0 Å². The van der Waals surface area contributed by atoms with Gasteiger partial charge in [0.25, 0.3) is 0 Å². The van der Waals surface area contributed by atoms with E-state index in [9.17, 15) is 18.0 Å². The minimum atomic E-state index is -4.61. The van der Waals surface area contributed by atoms with Crippen LogP contribution in [0.5, 0.6) is 0 Å². The number of hydrogen-bond donors (Lipinski definition) is 0. The van der Waals surface area contributed by atoms with E-state index < -0.39 is 23.6 Å². The number of hydrogen-bond acceptors (Lipinski definition) is 3. The lowest BCUT2D eigenvalue weighted by atomic mass is 10.1. The van der Waals surface area contributed by atoms with Gasteiger partial charge in [0.05, 0.1) is 11.5 Å². The molecule has 1 aromatic carbocycles. The molecule has 0 amide bonds. The van der Waals surface area contributed by atoms with Gasteiger partial charge in [-0.2, -0.15) is 13.2 Å². The maximum atomic E-state index is 13.3. The minimum absolute atomic E-state index is 0.0720. The molecule has 0 spiro atoms. The number of alkyl halides is 3. The Kier molecular flexibility index (Phi) is 4.66. The van der Waals surface area contributed by atoms with Gasteiger partial charge in [-0.05, 0) is 18.2 Å². The van der Waals surface area contributed by atoms with Gasteiger partial charge in [-0.1, -0.05) is 42.2 Å². The Morgan fingerprint density at radius 1 is 1.08 bits per heavy atom. The highest BCUT2D eigenvalue weighted by molar-refractivity contribution is 5.77. The molecule has 2 aliphatic rings. The molecule has 0 radical (unpaired) electrons. The second-order valence-electron chi connectivity index (χ2n) is 5.38. The van der Waals surface area contributed by atoms with Crippen LogP contribution in [0, 0.1) is 17.8 Å². The highest BCUT2D eigenvalue weighted by Gasteiger charge is 2.36. The molecule has 6 heteroatoms. The molecule has 3 nitrogen and oxygen atoms in total. The van der Waals surface area contributed by atoms with Crippen LogP contribution < -0.4 is 0 Å². The SMILES string of the molecule is O=C1OCC#Cc2ccccc2COC2=C(C(F)(F)F)C=C[C@H]1C=C2. The molecular formula is C19H13F3O3. The fraction of sp³-hybridized carbons (Fsp3) is 0.211. The van der Waals surface area contributed by atoms with Gasteiger partial charge < -0.3 is 9.47 Å². The van der Waals surface area contributed by atoms with E-state index in [1.54, 1.807) is 24.3 Å². The molecule has 3 rings (SSSR count). The third-order valence-corrected chi connectivity index (χ3v) is 3.68. The fourth-order valence-electron chi connectivity index (χ4n) is 2.40. The number of carbonyl (C=O) groups is 1. The smallest absolute Gasteiger partial charge is 0.419 e. The van der Waals surface area contributed by atoms with Gasteiger partial charge in [-0.25, -0.2) is 0 Å². The standard InChI is InChI=1S/C19H13F3O3/c20-19(21,22)16-9-7-14-8-10-17(16)25-12-15-5-2-1-4-13(15)6-3-11-24-18(14)23/h1-2,4-5,7-10,14H,11-12H2/t14-/m0/s1. The first-order valence-corrected chi connectivity index (χ1v) is 7.49. The van der Waals surface area contributed by atoms with Gasteiger partial charge in [0, 0.05) is 11.1 Å². The lowest BCUT2D eigenvalue weighted by Gasteiger charge is -2.14. The zero-order chi connectivity index (χ0) is 17.9. The Balaban J connectivity index is 2.06. The molecule has 128 valence electrons. The predicted octanol–water partition coefficient (Wildman–Crippen LogP) is 3.67. The first-order valence-electron chi connectivity index (χ1n) is 7.49. The summed E-state index contributed by atoms with van der Waals surface area (Å²) >= 11 is 0. The Morgan fingerprint density at radius 2 is 1.84 bits per heavy atom. The molecule has 1 heterocycles. The van der Waals surface area contributed by atoms with Crippen LogP contribution in [0.1, 0.15) is 11.1 Å². The maximum Gasteiger partial charge on any atom is 0.419 e. The quantitative estimate of drug-likeness (QED) is 0.531. The minimum Gasteiger partial charge on any atom is -0.488 e. The van der Waals surface area contributed by atoms with Crippen LogP contribution in [0.2, 0.25) is 0 Å². The predicted molar refractivity (Wildman–Crippen MR) is 83.9 cm³/mol. The molecule has 0 fully saturated rings. The summed E-state index contributed by atoms with van der Waals surface area (Å²) in [4.78, 5) is 12.0. The fourth-order valence-corrected chi connectivity index (χ4v) is 2.40. The molecule has 0 saturated carbocycles. The van der Waals surface area contributed by atoms with E-state index >= 15 is 0 Å². The van der Waals surface area contributed by atoms with Crippen molar-refractivity contribution < 1.29 is 27.4 Å². The Labute approximate surface area is 142 Å². The first-order chi connectivity index (χ1) is 11.9. The summed E-state index contributed by atoms with van der Waals surface area (Å²) in [6.07, 6.45) is -0.124. The number of rotatable bonds is 0. The normalized spacial score (nSPS) is 20.1. The molecule has 1 aliphatic heterocycles.